The van der Waals surface area contributed by atoms with Crippen molar-refractivity contribution in [3.05, 3.63) is 41.8 Å². The van der Waals surface area contributed by atoms with Gasteiger partial charge in [0.25, 0.3) is 0 Å². The zero-order chi connectivity index (χ0) is 15.7. The summed E-state index contributed by atoms with van der Waals surface area (Å²) in [5.41, 5.74) is 1.60. The summed E-state index contributed by atoms with van der Waals surface area (Å²) < 4.78 is 13.8. The molecule has 2 unspecified atom stereocenters. The molecular weight excluding hydrogens is 283 g/mol. The van der Waals surface area contributed by atoms with Gasteiger partial charge in [-0.3, -0.25) is 14.7 Å². The molecule has 1 aromatic carbocycles. The number of carboxylic acids is 1. The van der Waals surface area contributed by atoms with Gasteiger partial charge in [-0.05, 0) is 36.1 Å². The number of piperidine rings is 1. The summed E-state index contributed by atoms with van der Waals surface area (Å²) in [5, 5.41) is 10.0. The van der Waals surface area contributed by atoms with E-state index < -0.39 is 5.97 Å². The zero-order valence-electron chi connectivity index (χ0n) is 12.5. The molecule has 1 aliphatic heterocycles. The van der Waals surface area contributed by atoms with Crippen molar-refractivity contribution in [1.82, 2.24) is 9.88 Å². The number of fused-ring (bicyclic) bond motifs is 1. The third-order valence-electron chi connectivity index (χ3n) is 4.23. The van der Waals surface area contributed by atoms with Gasteiger partial charge < -0.3 is 5.11 Å². The SMILES string of the molecule is CC1CC(C(=O)O)CN(Cc2cc(F)cc3cccnc23)C1. The van der Waals surface area contributed by atoms with Crippen molar-refractivity contribution in [2.75, 3.05) is 13.1 Å². The van der Waals surface area contributed by atoms with E-state index >= 15 is 0 Å². The Morgan fingerprint density at radius 3 is 3.05 bits per heavy atom. The van der Waals surface area contributed by atoms with Crippen LogP contribution in [0.25, 0.3) is 10.9 Å². The fraction of sp³-hybridized carbons (Fsp3) is 0.412. The first-order chi connectivity index (χ1) is 10.5. The van der Waals surface area contributed by atoms with E-state index in [9.17, 15) is 14.3 Å². The monoisotopic (exact) mass is 302 g/mol. The molecule has 1 N–H and O–H groups in total. The van der Waals surface area contributed by atoms with Crippen LogP contribution in [-0.2, 0) is 11.3 Å². The normalized spacial score (nSPS) is 22.8. The van der Waals surface area contributed by atoms with Gasteiger partial charge in [0.15, 0.2) is 0 Å². The minimum atomic E-state index is -0.751. The second kappa shape index (κ2) is 6.01. The molecule has 1 saturated heterocycles. The first kappa shape index (κ1) is 14.9. The first-order valence-corrected chi connectivity index (χ1v) is 7.51. The molecule has 2 heterocycles. The molecule has 0 amide bonds. The molecule has 0 saturated carbocycles. The van der Waals surface area contributed by atoms with Crippen LogP contribution in [0.3, 0.4) is 0 Å². The number of aliphatic carboxylic acids is 1. The van der Waals surface area contributed by atoms with Gasteiger partial charge in [0.05, 0.1) is 11.4 Å². The highest BCUT2D eigenvalue weighted by atomic mass is 19.1. The Kier molecular flexibility index (Phi) is 4.07. The summed E-state index contributed by atoms with van der Waals surface area (Å²) in [4.78, 5) is 17.7. The van der Waals surface area contributed by atoms with Crippen LogP contribution < -0.4 is 0 Å². The lowest BCUT2D eigenvalue weighted by atomic mass is 9.90. The number of hydrogen-bond acceptors (Lipinski definition) is 3. The van der Waals surface area contributed by atoms with E-state index in [0.717, 1.165) is 23.0 Å². The number of likely N-dealkylation sites (tertiary alicyclic amines) is 1. The Hall–Kier alpha value is -2.01. The summed E-state index contributed by atoms with van der Waals surface area (Å²) in [5.74, 6) is -1.06. The quantitative estimate of drug-likeness (QED) is 0.947. The molecule has 22 heavy (non-hydrogen) atoms. The minimum absolute atomic E-state index is 0.282. The van der Waals surface area contributed by atoms with Gasteiger partial charge >= 0.3 is 5.97 Å². The van der Waals surface area contributed by atoms with Gasteiger partial charge in [-0.25, -0.2) is 4.39 Å². The predicted molar refractivity (Wildman–Crippen MR) is 81.9 cm³/mol. The lowest BCUT2D eigenvalue weighted by Crippen LogP contribution is -2.42. The van der Waals surface area contributed by atoms with E-state index in [4.69, 9.17) is 0 Å². The van der Waals surface area contributed by atoms with Gasteiger partial charge in [0.2, 0.25) is 0 Å². The van der Waals surface area contributed by atoms with Crippen molar-refractivity contribution in [2.45, 2.75) is 19.9 Å². The molecule has 2 aromatic rings. The summed E-state index contributed by atoms with van der Waals surface area (Å²) >= 11 is 0. The molecule has 0 spiro atoms. The molecular formula is C17H19FN2O2. The number of rotatable bonds is 3. The molecule has 116 valence electrons. The summed E-state index contributed by atoms with van der Waals surface area (Å²) in [7, 11) is 0. The molecule has 0 aliphatic carbocycles. The number of hydrogen-bond donors (Lipinski definition) is 1. The predicted octanol–water partition coefficient (Wildman–Crippen LogP) is 2.92. The van der Waals surface area contributed by atoms with Crippen molar-refractivity contribution in [3.63, 3.8) is 0 Å². The molecule has 0 bridgehead atoms. The fourth-order valence-corrected chi connectivity index (χ4v) is 3.36. The van der Waals surface area contributed by atoms with Crippen LogP contribution in [0.2, 0.25) is 0 Å². The van der Waals surface area contributed by atoms with Crippen LogP contribution in [0.5, 0.6) is 0 Å². The van der Waals surface area contributed by atoms with E-state index in [1.54, 1.807) is 12.3 Å². The lowest BCUT2D eigenvalue weighted by molar-refractivity contribution is -0.144. The zero-order valence-corrected chi connectivity index (χ0v) is 12.5. The number of carbonyl (C=O) groups is 1. The van der Waals surface area contributed by atoms with E-state index in [0.29, 0.717) is 25.4 Å². The molecule has 1 aromatic heterocycles. The number of benzene rings is 1. The van der Waals surface area contributed by atoms with Crippen molar-refractivity contribution in [3.8, 4) is 0 Å². The molecule has 2 atom stereocenters. The minimum Gasteiger partial charge on any atom is -0.481 e. The number of halogens is 1. The maximum Gasteiger partial charge on any atom is 0.307 e. The highest BCUT2D eigenvalue weighted by Gasteiger charge is 2.29. The summed E-state index contributed by atoms with van der Waals surface area (Å²) in [6.45, 7) is 3.92. The Balaban J connectivity index is 1.88. The Labute approximate surface area is 128 Å². The number of nitrogens with zero attached hydrogens (tertiary/aromatic N) is 2. The van der Waals surface area contributed by atoms with Crippen LogP contribution in [-0.4, -0.2) is 34.0 Å². The Morgan fingerprint density at radius 1 is 1.45 bits per heavy atom. The van der Waals surface area contributed by atoms with Crippen LogP contribution >= 0.6 is 0 Å². The fourth-order valence-electron chi connectivity index (χ4n) is 3.36. The largest absolute Gasteiger partial charge is 0.481 e. The third-order valence-corrected chi connectivity index (χ3v) is 4.23. The second-order valence-electron chi connectivity index (χ2n) is 6.21. The third kappa shape index (κ3) is 3.09. The van der Waals surface area contributed by atoms with Crippen LogP contribution in [0.15, 0.2) is 30.5 Å². The van der Waals surface area contributed by atoms with Crippen LogP contribution in [0.4, 0.5) is 4.39 Å². The first-order valence-electron chi connectivity index (χ1n) is 7.51. The number of carboxylic acid groups (broad SMARTS) is 1. The maximum absolute atomic E-state index is 13.8. The molecule has 0 radical (unpaired) electrons. The highest BCUT2D eigenvalue weighted by molar-refractivity contribution is 5.81. The average molecular weight is 302 g/mol. The average Bonchev–Trinajstić information content (AvgIpc) is 2.46. The van der Waals surface area contributed by atoms with Gasteiger partial charge in [0.1, 0.15) is 5.82 Å². The van der Waals surface area contributed by atoms with Crippen LogP contribution in [0.1, 0.15) is 18.9 Å². The van der Waals surface area contributed by atoms with E-state index in [-0.39, 0.29) is 11.7 Å². The van der Waals surface area contributed by atoms with E-state index in [2.05, 4.69) is 16.8 Å². The van der Waals surface area contributed by atoms with Crippen molar-refractivity contribution >= 4 is 16.9 Å². The van der Waals surface area contributed by atoms with Gasteiger partial charge in [-0.2, -0.15) is 0 Å². The van der Waals surface area contributed by atoms with Gasteiger partial charge in [-0.1, -0.05) is 13.0 Å². The molecule has 4 nitrogen and oxygen atoms in total. The maximum atomic E-state index is 13.8. The van der Waals surface area contributed by atoms with Gasteiger partial charge in [0, 0.05) is 31.2 Å². The molecule has 1 fully saturated rings. The summed E-state index contributed by atoms with van der Waals surface area (Å²) in [6, 6.07) is 6.61. The van der Waals surface area contributed by atoms with Crippen LogP contribution in [0, 0.1) is 17.7 Å². The Morgan fingerprint density at radius 2 is 2.27 bits per heavy atom. The van der Waals surface area contributed by atoms with Crippen molar-refractivity contribution in [1.29, 1.82) is 0 Å². The topological polar surface area (TPSA) is 53.4 Å². The molecule has 1 aliphatic rings. The highest BCUT2D eigenvalue weighted by Crippen LogP contribution is 2.25. The van der Waals surface area contributed by atoms with Crippen molar-refractivity contribution in [2.24, 2.45) is 11.8 Å². The van der Waals surface area contributed by atoms with E-state index in [1.807, 2.05) is 6.07 Å². The van der Waals surface area contributed by atoms with Gasteiger partial charge in [-0.15, -0.1) is 0 Å². The Bertz CT molecular complexity index is 704. The number of aromatic nitrogens is 1. The molecule has 3 rings (SSSR count). The molecule has 5 heteroatoms. The second-order valence-corrected chi connectivity index (χ2v) is 6.21. The summed E-state index contributed by atoms with van der Waals surface area (Å²) in [6.07, 6.45) is 2.40. The number of pyridine rings is 1. The van der Waals surface area contributed by atoms with E-state index in [1.165, 1.54) is 12.1 Å². The smallest absolute Gasteiger partial charge is 0.307 e. The lowest BCUT2D eigenvalue weighted by Gasteiger charge is -2.34. The van der Waals surface area contributed by atoms with Crippen molar-refractivity contribution < 1.29 is 14.3 Å². The standard InChI is InChI=1S/C17H19FN2O2/c1-11-5-14(17(21)22)10-20(8-11)9-13-7-15(18)6-12-3-2-4-19-16(12)13/h2-4,6-7,11,14H,5,8-10H2,1H3,(H,21,22).